The molecule has 0 aliphatic carbocycles. The third-order valence-electron chi connectivity index (χ3n) is 1.06. The first kappa shape index (κ1) is 22.5. The quantitative estimate of drug-likeness (QED) is 0.340. The Morgan fingerprint density at radius 3 is 1.80 bits per heavy atom. The topological polar surface area (TPSA) is 26.0 Å². The molecule has 1 nitrogen and oxygen atoms in total. The molecule has 0 atom stereocenters. The van der Waals surface area contributed by atoms with Crippen molar-refractivity contribution in [2.45, 2.75) is 32.6 Å². The molecule has 2 N–H and O–H groups in total. The van der Waals surface area contributed by atoms with Gasteiger partial charge in [0.15, 0.2) is 0 Å². The van der Waals surface area contributed by atoms with Crippen LogP contribution in [-0.2, 0) is 0 Å². The van der Waals surface area contributed by atoms with E-state index in [0.717, 1.165) is 6.54 Å². The van der Waals surface area contributed by atoms with E-state index in [0.29, 0.717) is 0 Å². The normalized spacial score (nSPS) is 6.60. The first-order valence-electron chi connectivity index (χ1n) is 3.12. The Kier molecular flexibility index (Phi) is 50.5. The third-order valence-corrected chi connectivity index (χ3v) is 1.06. The van der Waals surface area contributed by atoms with Crippen LogP contribution in [0.3, 0.4) is 0 Å². The van der Waals surface area contributed by atoms with E-state index in [1.807, 2.05) is 0 Å². The number of nitrogens with two attached hydrogens (primary N) is 1. The summed E-state index contributed by atoms with van der Waals surface area (Å²) in [6.45, 7) is 3.07. The van der Waals surface area contributed by atoms with Gasteiger partial charge in [-0.2, -0.15) is 0 Å². The summed E-state index contributed by atoms with van der Waals surface area (Å²) in [5, 5.41) is 0. The molecule has 0 spiro atoms. The summed E-state index contributed by atoms with van der Waals surface area (Å²) in [6, 6.07) is 0. The fourth-order valence-corrected chi connectivity index (χ4v) is 0.571. The van der Waals surface area contributed by atoms with E-state index < -0.39 is 0 Å². The number of hydrogen-bond acceptors (Lipinski definition) is 1. The summed E-state index contributed by atoms with van der Waals surface area (Å²) >= 11 is 0. The van der Waals surface area contributed by atoms with E-state index in [1.54, 1.807) is 0 Å². The summed E-state index contributed by atoms with van der Waals surface area (Å²) < 4.78 is 0. The molecule has 0 aliphatic heterocycles. The molecular weight excluding hydrogens is 164 g/mol. The van der Waals surface area contributed by atoms with Crippen LogP contribution in [0, 0.1) is 0 Å². The van der Waals surface area contributed by atoms with Gasteiger partial charge in [-0.3, -0.25) is 0 Å². The second-order valence-corrected chi connectivity index (χ2v) is 1.85. The number of halogens is 2. The Bertz CT molecular complexity index is 34.9. The number of hydrogen-bond donors (Lipinski definition) is 1. The van der Waals surface area contributed by atoms with Gasteiger partial charge < -0.3 is 15.1 Å². The van der Waals surface area contributed by atoms with E-state index >= 15 is 0 Å². The molecule has 0 aliphatic rings. The average Bonchev–Trinajstić information content (AvgIpc) is 1.69. The Morgan fingerprint density at radius 2 is 1.50 bits per heavy atom. The van der Waals surface area contributed by atoms with E-state index in [9.17, 15) is 0 Å². The van der Waals surface area contributed by atoms with E-state index in [-0.39, 0.29) is 47.1 Å². The maximum absolute atomic E-state index is 5.27. The van der Waals surface area contributed by atoms with Crippen LogP contribution in [-0.4, -0.2) is 44.3 Å². The zero-order valence-electron chi connectivity index (χ0n) is 6.58. The van der Waals surface area contributed by atoms with Crippen LogP contribution in [0.2, 0.25) is 0 Å². The molecule has 10 heavy (non-hydrogen) atoms. The van der Waals surface area contributed by atoms with Crippen molar-refractivity contribution in [2.24, 2.45) is 5.73 Å². The Morgan fingerprint density at radius 1 is 1.00 bits per heavy atom. The molecule has 0 heterocycles. The van der Waals surface area contributed by atoms with Crippen molar-refractivity contribution in [1.82, 2.24) is 0 Å². The minimum atomic E-state index is 0. The van der Waals surface area contributed by atoms with Gasteiger partial charge in [-0.15, -0.1) is 0 Å². The molecule has 0 amide bonds. The van der Waals surface area contributed by atoms with Gasteiger partial charge in [-0.25, -0.2) is 0 Å². The largest absolute Gasteiger partial charge is 2.00 e. The zero-order chi connectivity index (χ0) is 5.54. The molecule has 4 heteroatoms. The minimum absolute atomic E-state index is 0. The molecule has 0 fully saturated rings. The third kappa shape index (κ3) is 23.0. The van der Waals surface area contributed by atoms with Gasteiger partial charge in [-0.1, -0.05) is 26.2 Å². The summed E-state index contributed by atoms with van der Waals surface area (Å²) in [6.07, 6.45) is 5.16. The minimum Gasteiger partial charge on any atom is -1.00 e. The molecule has 60 valence electrons. The van der Waals surface area contributed by atoms with E-state index in [2.05, 4.69) is 6.92 Å². The summed E-state index contributed by atoms with van der Waals surface area (Å²) in [5.41, 5.74) is 5.27. The van der Waals surface area contributed by atoms with Gasteiger partial charge in [0.05, 0.1) is 0 Å². The van der Waals surface area contributed by atoms with Gasteiger partial charge in [-0.05, 0) is 13.0 Å². The maximum Gasteiger partial charge on any atom is 2.00 e. The second-order valence-electron chi connectivity index (χ2n) is 1.85. The molecule has 0 unspecified atom stereocenters. The molecule has 0 aromatic heterocycles. The van der Waals surface area contributed by atoms with E-state index in [1.165, 1.54) is 25.7 Å². The van der Waals surface area contributed by atoms with Crippen molar-refractivity contribution in [3.8, 4) is 0 Å². The molecule has 0 bridgehead atoms. The van der Waals surface area contributed by atoms with Crippen molar-refractivity contribution >= 4 is 37.7 Å². The van der Waals surface area contributed by atoms with E-state index in [4.69, 9.17) is 5.73 Å². The summed E-state index contributed by atoms with van der Waals surface area (Å²) in [5.74, 6) is 0. The predicted octanol–water partition coefficient (Wildman–Crippen LogP) is -4.85. The van der Waals surface area contributed by atoms with Crippen LogP contribution >= 0.6 is 0 Å². The Balaban J connectivity index is -0.0000000600. The van der Waals surface area contributed by atoms with Crippen LogP contribution in [0.15, 0.2) is 0 Å². The zero-order valence-corrected chi connectivity index (χ0v) is 8.78. The molecule has 0 aromatic carbocycles. The van der Waals surface area contributed by atoms with Gasteiger partial charge in [0.2, 0.25) is 0 Å². The van der Waals surface area contributed by atoms with Gasteiger partial charge in [0, 0.05) is 0 Å². The summed E-state index contributed by atoms with van der Waals surface area (Å²) in [7, 11) is 0. The number of unbranched alkanes of at least 4 members (excludes halogenated alkanes) is 3. The van der Waals surface area contributed by atoms with Crippen LogP contribution < -0.4 is 15.1 Å². The first-order chi connectivity index (χ1) is 3.41. The van der Waals surface area contributed by atoms with Gasteiger partial charge >= 0.3 is 37.7 Å². The Hall–Kier alpha value is 1.08. The maximum atomic E-state index is 5.27. The first-order valence-corrected chi connectivity index (χ1v) is 3.12. The van der Waals surface area contributed by atoms with Crippen molar-refractivity contribution < 1.29 is 9.41 Å². The smallest absolute Gasteiger partial charge is 1.00 e. The average molecular weight is 179 g/mol. The molecule has 0 radical (unpaired) electrons. The SMILES string of the molecule is CCCCCCN.[Ca+2].[F-].[F-]. The van der Waals surface area contributed by atoms with Crippen LogP contribution in [0.4, 0.5) is 0 Å². The van der Waals surface area contributed by atoms with Crippen molar-refractivity contribution in [3.05, 3.63) is 0 Å². The van der Waals surface area contributed by atoms with Gasteiger partial charge in [0.1, 0.15) is 0 Å². The van der Waals surface area contributed by atoms with Crippen LogP contribution in [0.1, 0.15) is 32.6 Å². The van der Waals surface area contributed by atoms with Crippen LogP contribution in [0.25, 0.3) is 0 Å². The number of rotatable bonds is 4. The monoisotopic (exact) mass is 179 g/mol. The van der Waals surface area contributed by atoms with Crippen molar-refractivity contribution in [1.29, 1.82) is 0 Å². The molecule has 0 rings (SSSR count). The van der Waals surface area contributed by atoms with Crippen molar-refractivity contribution in [2.75, 3.05) is 6.54 Å². The molecular formula is C6H15CaF2N. The van der Waals surface area contributed by atoms with Gasteiger partial charge in [0.25, 0.3) is 0 Å². The molecule has 0 aromatic rings. The van der Waals surface area contributed by atoms with Crippen LogP contribution in [0.5, 0.6) is 0 Å². The predicted molar refractivity (Wildman–Crippen MR) is 39.0 cm³/mol. The molecule has 0 saturated heterocycles. The fourth-order valence-electron chi connectivity index (χ4n) is 0.571. The molecule has 0 saturated carbocycles. The summed E-state index contributed by atoms with van der Waals surface area (Å²) in [4.78, 5) is 0. The fraction of sp³-hybridized carbons (Fsp3) is 1.00. The van der Waals surface area contributed by atoms with Crippen molar-refractivity contribution in [3.63, 3.8) is 0 Å². The second kappa shape index (κ2) is 22.5. The Labute approximate surface area is 91.5 Å². The standard InChI is InChI=1S/C6H15N.Ca.2FH/c1-2-3-4-5-6-7;;;/h2-7H2,1H3;;2*1H/q;+2;;/p-2.